The van der Waals surface area contributed by atoms with E-state index in [4.69, 9.17) is 0 Å². The van der Waals surface area contributed by atoms with Crippen molar-refractivity contribution in [2.45, 2.75) is 25.3 Å². The van der Waals surface area contributed by atoms with Gasteiger partial charge in [0.05, 0.1) is 0 Å². The van der Waals surface area contributed by atoms with E-state index < -0.39 is 11.8 Å². The smallest absolute Gasteiger partial charge is 0.309 e. The van der Waals surface area contributed by atoms with Crippen LogP contribution in [0.25, 0.3) is 0 Å². The van der Waals surface area contributed by atoms with Crippen LogP contribution in [-0.4, -0.2) is 30.1 Å². The lowest BCUT2D eigenvalue weighted by Crippen LogP contribution is -2.40. The molecule has 3 N–H and O–H groups in total. The van der Waals surface area contributed by atoms with Crippen LogP contribution in [0, 0.1) is 0 Å². The summed E-state index contributed by atoms with van der Waals surface area (Å²) in [5, 5.41) is 18.3. The second-order valence-electron chi connectivity index (χ2n) is 5.48. The highest BCUT2D eigenvalue weighted by molar-refractivity contribution is 7.07. The van der Waals surface area contributed by atoms with Crippen molar-refractivity contribution in [3.05, 3.63) is 58.3 Å². The first-order valence-corrected chi connectivity index (χ1v) is 8.88. The van der Waals surface area contributed by atoms with E-state index in [9.17, 15) is 14.7 Å². The molecular formula is C18H22N2O3S. The van der Waals surface area contributed by atoms with Gasteiger partial charge in [-0.25, -0.2) is 0 Å². The molecule has 1 atom stereocenters. The van der Waals surface area contributed by atoms with Crippen LogP contribution in [0.15, 0.2) is 47.2 Å². The quantitative estimate of drug-likeness (QED) is 0.640. The molecule has 24 heavy (non-hydrogen) atoms. The number of aliphatic hydroxyl groups is 1. The van der Waals surface area contributed by atoms with Crippen molar-refractivity contribution in [2.75, 3.05) is 13.2 Å². The zero-order chi connectivity index (χ0) is 17.2. The number of rotatable bonds is 8. The van der Waals surface area contributed by atoms with E-state index in [1.54, 1.807) is 11.3 Å². The van der Waals surface area contributed by atoms with Gasteiger partial charge >= 0.3 is 11.8 Å². The second-order valence-corrected chi connectivity index (χ2v) is 6.26. The van der Waals surface area contributed by atoms with E-state index in [-0.39, 0.29) is 12.5 Å². The fraction of sp³-hybridized carbons (Fsp3) is 0.333. The lowest BCUT2D eigenvalue weighted by molar-refractivity contribution is -0.139. The molecule has 2 aromatic rings. The molecule has 0 fully saturated rings. The zero-order valence-corrected chi connectivity index (χ0v) is 14.2. The number of carbonyl (C=O) groups is 2. The molecule has 1 unspecified atom stereocenters. The molecule has 0 aliphatic heterocycles. The molecule has 128 valence electrons. The van der Waals surface area contributed by atoms with Crippen LogP contribution in [0.5, 0.6) is 0 Å². The van der Waals surface area contributed by atoms with Crippen LogP contribution < -0.4 is 10.6 Å². The Balaban J connectivity index is 1.74. The van der Waals surface area contributed by atoms with E-state index >= 15 is 0 Å². The third-order valence-electron chi connectivity index (χ3n) is 3.77. The highest BCUT2D eigenvalue weighted by atomic mass is 32.1. The van der Waals surface area contributed by atoms with Crippen molar-refractivity contribution in [1.82, 2.24) is 10.6 Å². The van der Waals surface area contributed by atoms with Crippen molar-refractivity contribution >= 4 is 23.2 Å². The van der Waals surface area contributed by atoms with E-state index in [0.29, 0.717) is 25.9 Å². The molecule has 0 aliphatic rings. The van der Waals surface area contributed by atoms with Crippen LogP contribution in [0.3, 0.4) is 0 Å². The standard InChI is InChI=1S/C18H22N2O3S/c21-10-7-16(15-4-2-1-3-5-15)6-9-19-17(22)18(23)20-12-14-8-11-24-13-14/h1-5,8,11,13,16,21H,6-7,9-10,12H2,(H,19,22)(H,20,23). The molecule has 0 saturated carbocycles. The molecular weight excluding hydrogens is 324 g/mol. The average molecular weight is 346 g/mol. The number of carbonyl (C=O) groups excluding carboxylic acids is 2. The minimum Gasteiger partial charge on any atom is -0.396 e. The molecule has 1 aromatic heterocycles. The monoisotopic (exact) mass is 346 g/mol. The molecule has 0 spiro atoms. The van der Waals surface area contributed by atoms with Crippen molar-refractivity contribution < 1.29 is 14.7 Å². The van der Waals surface area contributed by atoms with E-state index in [1.807, 2.05) is 47.2 Å². The van der Waals surface area contributed by atoms with Crippen LogP contribution in [0.1, 0.15) is 29.9 Å². The third-order valence-corrected chi connectivity index (χ3v) is 4.50. The lowest BCUT2D eigenvalue weighted by atomic mass is 9.93. The molecule has 0 aliphatic carbocycles. The van der Waals surface area contributed by atoms with Gasteiger partial charge < -0.3 is 15.7 Å². The Hall–Kier alpha value is -2.18. The number of aliphatic hydroxyl groups excluding tert-OH is 1. The van der Waals surface area contributed by atoms with Crippen LogP contribution in [-0.2, 0) is 16.1 Å². The first kappa shape index (κ1) is 18.2. The maximum absolute atomic E-state index is 11.8. The van der Waals surface area contributed by atoms with Crippen molar-refractivity contribution in [1.29, 1.82) is 0 Å². The molecule has 2 rings (SSSR count). The first-order chi connectivity index (χ1) is 11.7. The minimum absolute atomic E-state index is 0.0919. The van der Waals surface area contributed by atoms with Gasteiger partial charge in [-0.15, -0.1) is 0 Å². The van der Waals surface area contributed by atoms with Gasteiger partial charge in [-0.1, -0.05) is 30.3 Å². The topological polar surface area (TPSA) is 78.4 Å². The number of benzene rings is 1. The Morgan fingerprint density at radius 3 is 2.46 bits per heavy atom. The maximum Gasteiger partial charge on any atom is 0.309 e. The normalized spacial score (nSPS) is 11.7. The fourth-order valence-electron chi connectivity index (χ4n) is 2.45. The van der Waals surface area contributed by atoms with Gasteiger partial charge in [0, 0.05) is 19.7 Å². The summed E-state index contributed by atoms with van der Waals surface area (Å²) in [4.78, 5) is 23.6. The Morgan fingerprint density at radius 1 is 1.04 bits per heavy atom. The Kier molecular flexibility index (Phi) is 7.45. The number of thiophene rings is 1. The molecule has 0 bridgehead atoms. The number of amides is 2. The highest BCUT2D eigenvalue weighted by Crippen LogP contribution is 2.22. The number of nitrogens with one attached hydrogen (secondary N) is 2. The molecule has 6 heteroatoms. The summed E-state index contributed by atoms with van der Waals surface area (Å²) in [6, 6.07) is 11.8. The number of hydrogen-bond acceptors (Lipinski definition) is 4. The van der Waals surface area contributed by atoms with Crippen molar-refractivity contribution in [2.24, 2.45) is 0 Å². The van der Waals surface area contributed by atoms with E-state index in [0.717, 1.165) is 11.1 Å². The van der Waals surface area contributed by atoms with Gasteiger partial charge in [0.15, 0.2) is 0 Å². The Bertz CT molecular complexity index is 629. The predicted octanol–water partition coefficient (Wildman–Crippen LogP) is 2.04. The fourth-order valence-corrected chi connectivity index (χ4v) is 3.12. The molecule has 2 amide bonds. The predicted molar refractivity (Wildman–Crippen MR) is 94.7 cm³/mol. The van der Waals surface area contributed by atoms with Gasteiger partial charge in [-0.3, -0.25) is 9.59 Å². The first-order valence-electron chi connectivity index (χ1n) is 7.93. The summed E-state index contributed by atoms with van der Waals surface area (Å²) in [6.07, 6.45) is 1.30. The number of hydrogen-bond donors (Lipinski definition) is 3. The molecule has 1 heterocycles. The molecule has 1 aromatic carbocycles. The van der Waals surface area contributed by atoms with E-state index in [1.165, 1.54) is 0 Å². The molecule has 0 saturated heterocycles. The van der Waals surface area contributed by atoms with Crippen molar-refractivity contribution in [3.63, 3.8) is 0 Å². The summed E-state index contributed by atoms with van der Waals surface area (Å²) in [6.45, 7) is 0.839. The molecule has 5 nitrogen and oxygen atoms in total. The summed E-state index contributed by atoms with van der Waals surface area (Å²) >= 11 is 1.55. The van der Waals surface area contributed by atoms with Gasteiger partial charge in [0.2, 0.25) is 0 Å². The van der Waals surface area contributed by atoms with Gasteiger partial charge in [0.25, 0.3) is 0 Å². The van der Waals surface area contributed by atoms with E-state index in [2.05, 4.69) is 10.6 Å². The Morgan fingerprint density at radius 2 is 1.79 bits per heavy atom. The molecule has 0 radical (unpaired) electrons. The largest absolute Gasteiger partial charge is 0.396 e. The van der Waals surface area contributed by atoms with Crippen molar-refractivity contribution in [3.8, 4) is 0 Å². The van der Waals surface area contributed by atoms with Crippen LogP contribution >= 0.6 is 11.3 Å². The summed E-state index contributed by atoms with van der Waals surface area (Å²) in [7, 11) is 0. The lowest BCUT2D eigenvalue weighted by Gasteiger charge is -2.16. The summed E-state index contributed by atoms with van der Waals surface area (Å²) in [5.41, 5.74) is 2.11. The highest BCUT2D eigenvalue weighted by Gasteiger charge is 2.15. The summed E-state index contributed by atoms with van der Waals surface area (Å²) < 4.78 is 0. The second kappa shape index (κ2) is 9.85. The summed E-state index contributed by atoms with van der Waals surface area (Å²) in [5.74, 6) is -1.09. The Labute approximate surface area is 145 Å². The SMILES string of the molecule is O=C(NCCC(CCO)c1ccccc1)C(=O)NCc1ccsc1. The van der Waals surface area contributed by atoms with Gasteiger partial charge in [0.1, 0.15) is 0 Å². The zero-order valence-electron chi connectivity index (χ0n) is 13.4. The van der Waals surface area contributed by atoms with Crippen LogP contribution in [0.2, 0.25) is 0 Å². The van der Waals surface area contributed by atoms with Crippen LogP contribution in [0.4, 0.5) is 0 Å². The maximum atomic E-state index is 11.8. The third kappa shape index (κ3) is 5.79. The van der Waals surface area contributed by atoms with Gasteiger partial charge in [-0.2, -0.15) is 11.3 Å². The van der Waals surface area contributed by atoms with Gasteiger partial charge in [-0.05, 0) is 46.7 Å². The minimum atomic E-state index is -0.625. The average Bonchev–Trinajstić information content (AvgIpc) is 3.13.